The summed E-state index contributed by atoms with van der Waals surface area (Å²) in [5, 5.41) is 0. The number of thiophene rings is 1. The first-order valence-corrected chi connectivity index (χ1v) is 14.3. The van der Waals surface area contributed by atoms with Crippen LogP contribution in [-0.2, 0) is 9.59 Å². The molecule has 3 rings (SSSR count). The van der Waals surface area contributed by atoms with Crippen LogP contribution in [0.1, 0.15) is 99.3 Å². The Kier molecular flexibility index (Phi) is 7.76. The number of rotatable bonds is 2. The zero-order valence-electron chi connectivity index (χ0n) is 25.1. The van der Waals surface area contributed by atoms with E-state index >= 15 is 0 Å². The second-order valence-corrected chi connectivity index (χ2v) is 16.0. The van der Waals surface area contributed by atoms with E-state index in [1.54, 1.807) is 11.3 Å². The molecule has 0 aromatic carbocycles. The molecule has 200 valence electrons. The van der Waals surface area contributed by atoms with Gasteiger partial charge in [-0.05, 0) is 75.7 Å². The number of carbonyl (C=O) groups is 2. The summed E-state index contributed by atoms with van der Waals surface area (Å²) in [6.45, 7) is 25.5. The molecule has 0 saturated carbocycles. The molecule has 1 unspecified atom stereocenters. The lowest BCUT2D eigenvalue weighted by atomic mass is 9.66. The second kappa shape index (κ2) is 9.80. The van der Waals surface area contributed by atoms with Crippen molar-refractivity contribution < 1.29 is 9.59 Å². The summed E-state index contributed by atoms with van der Waals surface area (Å²) in [6.07, 6.45) is 11.5. The van der Waals surface area contributed by atoms with E-state index in [2.05, 4.69) is 126 Å². The van der Waals surface area contributed by atoms with Crippen molar-refractivity contribution in [1.82, 2.24) is 0 Å². The van der Waals surface area contributed by atoms with Crippen LogP contribution in [-0.4, -0.2) is 11.6 Å². The van der Waals surface area contributed by atoms with Crippen molar-refractivity contribution in [2.75, 3.05) is 0 Å². The molecular formula is C34H46O2S. The Morgan fingerprint density at radius 3 is 1.57 bits per heavy atom. The van der Waals surface area contributed by atoms with Crippen molar-refractivity contribution in [2.24, 2.45) is 27.6 Å². The van der Waals surface area contributed by atoms with Gasteiger partial charge in [-0.2, -0.15) is 0 Å². The zero-order chi connectivity index (χ0) is 28.1. The fourth-order valence-electron chi connectivity index (χ4n) is 4.94. The summed E-state index contributed by atoms with van der Waals surface area (Å²) in [5.74, 6) is 0.445. The van der Waals surface area contributed by atoms with Crippen molar-refractivity contribution in [3.63, 3.8) is 0 Å². The van der Waals surface area contributed by atoms with Crippen LogP contribution in [0, 0.1) is 27.6 Å². The van der Waals surface area contributed by atoms with Gasteiger partial charge >= 0.3 is 0 Å². The van der Waals surface area contributed by atoms with E-state index in [0.717, 1.165) is 33.6 Å². The maximum absolute atomic E-state index is 13.3. The van der Waals surface area contributed by atoms with Crippen LogP contribution in [0.3, 0.4) is 0 Å². The highest BCUT2D eigenvalue weighted by atomic mass is 32.1. The monoisotopic (exact) mass is 518 g/mol. The van der Waals surface area contributed by atoms with E-state index in [1.165, 1.54) is 10.5 Å². The fourth-order valence-corrected chi connectivity index (χ4v) is 5.89. The summed E-state index contributed by atoms with van der Waals surface area (Å²) >= 11 is 1.75. The summed E-state index contributed by atoms with van der Waals surface area (Å²) in [7, 11) is 0. The molecule has 3 heteroatoms. The first-order chi connectivity index (χ1) is 16.7. The van der Waals surface area contributed by atoms with Gasteiger partial charge in [-0.15, -0.1) is 11.3 Å². The first-order valence-electron chi connectivity index (χ1n) is 13.5. The third-order valence-electron chi connectivity index (χ3n) is 7.22. The van der Waals surface area contributed by atoms with Crippen LogP contribution >= 0.6 is 11.3 Å². The molecule has 0 spiro atoms. The molecule has 0 aliphatic heterocycles. The Morgan fingerprint density at radius 1 is 0.676 bits per heavy atom. The number of hydrogen-bond acceptors (Lipinski definition) is 3. The van der Waals surface area contributed by atoms with Crippen molar-refractivity contribution in [1.29, 1.82) is 0 Å². The Bertz CT molecular complexity index is 1210. The molecule has 0 radical (unpaired) electrons. The molecule has 0 bridgehead atoms. The average molecular weight is 519 g/mol. The van der Waals surface area contributed by atoms with Gasteiger partial charge in [-0.3, -0.25) is 9.59 Å². The van der Waals surface area contributed by atoms with Gasteiger partial charge in [0.05, 0.1) is 0 Å². The molecular weight excluding hydrogens is 472 g/mol. The van der Waals surface area contributed by atoms with Crippen molar-refractivity contribution in [3.8, 4) is 0 Å². The molecule has 1 atom stereocenters. The number of hydrogen-bond donors (Lipinski definition) is 0. The maximum Gasteiger partial charge on any atom is 0.186 e. The third-order valence-corrected chi connectivity index (χ3v) is 8.20. The number of ketones is 2. The lowest BCUT2D eigenvalue weighted by molar-refractivity contribution is -0.123. The average Bonchev–Trinajstić information content (AvgIpc) is 3.13. The normalized spacial score (nSPS) is 21.2. The summed E-state index contributed by atoms with van der Waals surface area (Å²) < 4.78 is 0. The van der Waals surface area contributed by atoms with Gasteiger partial charge in [0.15, 0.2) is 11.6 Å². The van der Waals surface area contributed by atoms with E-state index in [9.17, 15) is 9.59 Å². The smallest absolute Gasteiger partial charge is 0.186 e. The van der Waals surface area contributed by atoms with Crippen LogP contribution in [0.4, 0.5) is 0 Å². The highest BCUT2D eigenvalue weighted by molar-refractivity contribution is 7.13. The first kappa shape index (κ1) is 29.3. The Morgan fingerprint density at radius 2 is 1.14 bits per heavy atom. The molecule has 1 aromatic heterocycles. The molecule has 1 heterocycles. The standard InChI is InChI=1S/C34H46O2S/c1-31(2,3)25-17-21(18-26(29(25)35)32(4,5)6)15-23-13-14-24(37-23)16-22-19-27(33(7,8)9)30(36)28(20-22)34(10,11)12/h13-19,28H,20H2,1-12H3/b22-16-. The van der Waals surface area contributed by atoms with Gasteiger partial charge in [-0.1, -0.05) is 89.2 Å². The number of allylic oxidation sites excluding steroid dienone is 8. The Labute approximate surface area is 229 Å². The molecule has 0 fully saturated rings. The highest BCUT2D eigenvalue weighted by Crippen LogP contribution is 2.43. The molecule has 2 aliphatic rings. The highest BCUT2D eigenvalue weighted by Gasteiger charge is 2.39. The van der Waals surface area contributed by atoms with Gasteiger partial charge in [0.25, 0.3) is 0 Å². The predicted octanol–water partition coefficient (Wildman–Crippen LogP) is 9.65. The van der Waals surface area contributed by atoms with Crippen LogP contribution in [0.15, 0.2) is 58.2 Å². The minimum Gasteiger partial charge on any atom is -0.294 e. The minimum atomic E-state index is -0.217. The van der Waals surface area contributed by atoms with Gasteiger partial charge in [-0.25, -0.2) is 0 Å². The van der Waals surface area contributed by atoms with Crippen molar-refractivity contribution in [3.05, 3.63) is 68.0 Å². The summed E-state index contributed by atoms with van der Waals surface area (Å²) in [6, 6.07) is 4.31. The minimum absolute atomic E-state index is 0.0128. The van der Waals surface area contributed by atoms with Crippen molar-refractivity contribution in [2.45, 2.75) is 89.5 Å². The van der Waals surface area contributed by atoms with Gasteiger partial charge in [0.2, 0.25) is 0 Å². The topological polar surface area (TPSA) is 34.1 Å². The molecule has 2 aliphatic carbocycles. The lowest BCUT2D eigenvalue weighted by Crippen LogP contribution is -2.36. The fraction of sp³-hybridized carbons (Fsp3) is 0.529. The van der Waals surface area contributed by atoms with Crippen LogP contribution < -0.4 is 0 Å². The van der Waals surface area contributed by atoms with E-state index in [4.69, 9.17) is 0 Å². The van der Waals surface area contributed by atoms with Crippen LogP contribution in [0.25, 0.3) is 12.2 Å². The van der Waals surface area contributed by atoms with E-state index in [-0.39, 0.29) is 33.4 Å². The van der Waals surface area contributed by atoms with Crippen LogP contribution in [0.5, 0.6) is 0 Å². The quantitative estimate of drug-likeness (QED) is 0.390. The second-order valence-electron chi connectivity index (χ2n) is 14.8. The lowest BCUT2D eigenvalue weighted by Gasteiger charge is -2.37. The maximum atomic E-state index is 13.3. The molecule has 0 saturated heterocycles. The van der Waals surface area contributed by atoms with Gasteiger partial charge in [0, 0.05) is 32.4 Å². The molecule has 0 N–H and O–H groups in total. The molecule has 0 amide bonds. The van der Waals surface area contributed by atoms with Crippen LogP contribution in [0.2, 0.25) is 0 Å². The molecule has 37 heavy (non-hydrogen) atoms. The predicted molar refractivity (Wildman–Crippen MR) is 160 cm³/mol. The zero-order valence-corrected chi connectivity index (χ0v) is 25.9. The SMILES string of the molecule is CC(C)(C)C1=CC(=Cc2ccc(/C=C3/C=C(C(C)(C)C)C(=O)C(C(C)(C)C)C3)s2)C=C(C(C)(C)C)C1=O. The van der Waals surface area contributed by atoms with Crippen molar-refractivity contribution >= 4 is 35.1 Å². The molecule has 2 nitrogen and oxygen atoms in total. The summed E-state index contributed by atoms with van der Waals surface area (Å²) in [4.78, 5) is 28.9. The Hall–Kier alpha value is -2.26. The Balaban J connectivity index is 2.02. The van der Waals surface area contributed by atoms with Gasteiger partial charge < -0.3 is 0 Å². The largest absolute Gasteiger partial charge is 0.294 e. The summed E-state index contributed by atoms with van der Waals surface area (Å²) in [5.41, 5.74) is 4.25. The van der Waals surface area contributed by atoms with E-state index in [1.807, 2.05) is 0 Å². The van der Waals surface area contributed by atoms with Gasteiger partial charge in [0.1, 0.15) is 0 Å². The van der Waals surface area contributed by atoms with E-state index in [0.29, 0.717) is 5.78 Å². The number of carbonyl (C=O) groups excluding carboxylic acids is 2. The molecule has 1 aromatic rings. The number of Topliss-reactive ketones (excluding diaryl/α,β-unsaturated/α-hetero) is 2. The van der Waals surface area contributed by atoms with E-state index < -0.39 is 0 Å². The third kappa shape index (κ3) is 6.79.